The molecule has 7 unspecified atom stereocenters. The van der Waals surface area contributed by atoms with Crippen LogP contribution in [0.25, 0.3) is 0 Å². The zero-order valence-corrected chi connectivity index (χ0v) is 33.3. The average molecular weight is 740 g/mol. The summed E-state index contributed by atoms with van der Waals surface area (Å²) in [6.45, 7) is 3.72. The molecular weight excluding hydrogens is 658 g/mol. The first-order valence-corrected chi connectivity index (χ1v) is 21.6. The van der Waals surface area contributed by atoms with Gasteiger partial charge in [0.2, 0.25) is 5.91 Å². The van der Waals surface area contributed by atoms with E-state index < -0.39 is 49.5 Å². The second-order valence-corrected chi connectivity index (χ2v) is 15.1. The van der Waals surface area contributed by atoms with Crippen molar-refractivity contribution in [2.75, 3.05) is 13.2 Å². The van der Waals surface area contributed by atoms with Crippen molar-refractivity contribution in [1.29, 1.82) is 0 Å². The van der Waals surface area contributed by atoms with Crippen LogP contribution in [0.5, 0.6) is 0 Å². The fourth-order valence-corrected chi connectivity index (χ4v) is 6.74. The number of hydrogen-bond donors (Lipinski definition) is 6. The van der Waals surface area contributed by atoms with Crippen molar-refractivity contribution in [3.8, 4) is 0 Å². The molecule has 9 heteroatoms. The van der Waals surface area contributed by atoms with Crippen molar-refractivity contribution < 1.29 is 39.8 Å². The Morgan fingerprint density at radius 2 is 1.08 bits per heavy atom. The largest absolute Gasteiger partial charge is 0.394 e. The van der Waals surface area contributed by atoms with Crippen molar-refractivity contribution in [3.63, 3.8) is 0 Å². The maximum absolute atomic E-state index is 12.9. The lowest BCUT2D eigenvalue weighted by atomic mass is 9.99. The lowest BCUT2D eigenvalue weighted by molar-refractivity contribution is -0.302. The molecule has 1 amide bonds. The first kappa shape index (κ1) is 48.7. The summed E-state index contributed by atoms with van der Waals surface area (Å²) in [5, 5.41) is 53.9. The van der Waals surface area contributed by atoms with Crippen LogP contribution in [0.2, 0.25) is 0 Å². The van der Waals surface area contributed by atoms with Gasteiger partial charge in [-0.2, -0.15) is 0 Å². The summed E-state index contributed by atoms with van der Waals surface area (Å²) >= 11 is 0. The van der Waals surface area contributed by atoms with E-state index in [1.165, 1.54) is 128 Å². The molecule has 9 nitrogen and oxygen atoms in total. The van der Waals surface area contributed by atoms with Crippen molar-refractivity contribution in [2.24, 2.45) is 0 Å². The smallest absolute Gasteiger partial charge is 0.220 e. The van der Waals surface area contributed by atoms with Gasteiger partial charge in [-0.25, -0.2) is 0 Å². The Kier molecular flexibility index (Phi) is 32.0. The van der Waals surface area contributed by atoms with Gasteiger partial charge in [-0.1, -0.05) is 160 Å². The summed E-state index contributed by atoms with van der Waals surface area (Å²) in [5.74, 6) is -0.183. The molecule has 0 saturated carbocycles. The number of carbonyl (C=O) groups is 1. The zero-order chi connectivity index (χ0) is 38.1. The Morgan fingerprint density at radius 1 is 0.635 bits per heavy atom. The molecule has 0 bridgehead atoms. The van der Waals surface area contributed by atoms with Gasteiger partial charge in [0, 0.05) is 6.42 Å². The van der Waals surface area contributed by atoms with Crippen LogP contribution in [0.15, 0.2) is 24.3 Å². The third-order valence-electron chi connectivity index (χ3n) is 10.3. The van der Waals surface area contributed by atoms with Crippen LogP contribution >= 0.6 is 0 Å². The van der Waals surface area contributed by atoms with Crippen LogP contribution in [0.1, 0.15) is 187 Å². The first-order chi connectivity index (χ1) is 25.3. The molecule has 1 heterocycles. The maximum Gasteiger partial charge on any atom is 0.220 e. The summed E-state index contributed by atoms with van der Waals surface area (Å²) in [4.78, 5) is 12.9. The van der Waals surface area contributed by atoms with Gasteiger partial charge in [0.05, 0.1) is 25.4 Å². The van der Waals surface area contributed by atoms with E-state index >= 15 is 0 Å². The Morgan fingerprint density at radius 3 is 1.56 bits per heavy atom. The Hall–Kier alpha value is -1.33. The number of aliphatic hydroxyl groups excluding tert-OH is 5. The predicted molar refractivity (Wildman–Crippen MR) is 212 cm³/mol. The van der Waals surface area contributed by atoms with Gasteiger partial charge in [-0.3, -0.25) is 4.79 Å². The minimum absolute atomic E-state index is 0.183. The molecule has 52 heavy (non-hydrogen) atoms. The number of aliphatic hydroxyl groups is 5. The Labute approximate surface area is 318 Å². The van der Waals surface area contributed by atoms with Gasteiger partial charge < -0.3 is 40.3 Å². The van der Waals surface area contributed by atoms with Crippen molar-refractivity contribution in [3.05, 3.63) is 24.3 Å². The number of unbranched alkanes of at least 4 members (excludes halogenated alkanes) is 23. The lowest BCUT2D eigenvalue weighted by Gasteiger charge is -2.40. The topological polar surface area (TPSA) is 149 Å². The molecule has 0 spiro atoms. The summed E-state index contributed by atoms with van der Waals surface area (Å²) < 4.78 is 11.1. The minimum Gasteiger partial charge on any atom is -0.394 e. The second kappa shape index (κ2) is 34.2. The summed E-state index contributed by atoms with van der Waals surface area (Å²) in [7, 11) is 0. The number of ether oxygens (including phenoxy) is 2. The highest BCUT2D eigenvalue weighted by atomic mass is 16.7. The van der Waals surface area contributed by atoms with Crippen LogP contribution in [-0.4, -0.2) is 87.5 Å². The molecule has 1 aliphatic rings. The van der Waals surface area contributed by atoms with Crippen LogP contribution in [-0.2, 0) is 14.3 Å². The fraction of sp³-hybridized carbons (Fsp3) is 0.884. The highest BCUT2D eigenvalue weighted by molar-refractivity contribution is 5.76. The number of carbonyl (C=O) groups excluding carboxylic acids is 1. The monoisotopic (exact) mass is 740 g/mol. The fourth-order valence-electron chi connectivity index (χ4n) is 6.74. The maximum atomic E-state index is 12.9. The van der Waals surface area contributed by atoms with Crippen LogP contribution in [0.4, 0.5) is 0 Å². The van der Waals surface area contributed by atoms with Crippen molar-refractivity contribution >= 4 is 5.91 Å². The van der Waals surface area contributed by atoms with E-state index in [0.29, 0.717) is 6.42 Å². The molecular formula is C43H81NO8. The minimum atomic E-state index is -1.56. The number of allylic oxidation sites excluding steroid dienone is 3. The SMILES string of the molecule is CCCCCCCC/C=C/C(O)C(COC1OC(CO)C(O)C(O)C1O)NC(=O)CCCCCCCCCCC/C=C\CCCCCCCCCC. The van der Waals surface area contributed by atoms with Gasteiger partial charge in [0.15, 0.2) is 6.29 Å². The molecule has 1 rings (SSSR count). The predicted octanol–water partition coefficient (Wildman–Crippen LogP) is 8.33. The first-order valence-electron chi connectivity index (χ1n) is 21.6. The summed E-state index contributed by atoms with van der Waals surface area (Å²) in [5.41, 5.74) is 0. The molecule has 306 valence electrons. The number of hydrogen-bond acceptors (Lipinski definition) is 8. The van der Waals surface area contributed by atoms with Gasteiger partial charge >= 0.3 is 0 Å². The molecule has 0 aromatic heterocycles. The molecule has 0 aliphatic carbocycles. The summed E-state index contributed by atoms with van der Waals surface area (Å²) in [6, 6.07) is -0.800. The molecule has 1 fully saturated rings. The highest BCUT2D eigenvalue weighted by Crippen LogP contribution is 2.22. The number of nitrogens with one attached hydrogen (secondary N) is 1. The van der Waals surface area contributed by atoms with Crippen molar-refractivity contribution in [1.82, 2.24) is 5.32 Å². The normalized spacial score (nSPS) is 22.0. The Bertz CT molecular complexity index is 868. The average Bonchev–Trinajstić information content (AvgIpc) is 3.14. The van der Waals surface area contributed by atoms with Gasteiger partial charge in [-0.15, -0.1) is 0 Å². The van der Waals surface area contributed by atoms with E-state index in [0.717, 1.165) is 38.5 Å². The molecule has 1 aliphatic heterocycles. The lowest BCUT2D eigenvalue weighted by Crippen LogP contribution is -2.60. The molecule has 6 N–H and O–H groups in total. The standard InChI is InChI=1S/C43H81NO8/c1-3-5-7-9-11-13-14-15-16-17-18-19-20-21-22-23-24-25-27-29-31-33-39(47)44-36(37(46)32-30-28-26-12-10-8-6-4-2)35-51-43-42(50)41(49)40(48)38(34-45)52-43/h17-18,30,32,36-38,40-43,45-46,48-50H,3-16,19-29,31,33-35H2,1-2H3,(H,44,47)/b18-17-,32-30+. The molecule has 7 atom stereocenters. The van der Waals surface area contributed by atoms with E-state index in [-0.39, 0.29) is 12.5 Å². The van der Waals surface area contributed by atoms with Crippen molar-refractivity contribution in [2.45, 2.75) is 230 Å². The third kappa shape index (κ3) is 24.9. The van der Waals surface area contributed by atoms with E-state index in [1.54, 1.807) is 6.08 Å². The van der Waals surface area contributed by atoms with Crippen LogP contribution in [0.3, 0.4) is 0 Å². The quantitative estimate of drug-likeness (QED) is 0.0281. The molecule has 1 saturated heterocycles. The van der Waals surface area contributed by atoms with Gasteiger partial charge in [-0.05, 0) is 44.9 Å². The highest BCUT2D eigenvalue weighted by Gasteiger charge is 2.44. The number of rotatable bonds is 35. The van der Waals surface area contributed by atoms with Crippen LogP contribution < -0.4 is 5.32 Å². The van der Waals surface area contributed by atoms with E-state index in [1.807, 2.05) is 6.08 Å². The van der Waals surface area contributed by atoms with E-state index in [4.69, 9.17) is 9.47 Å². The Balaban J connectivity index is 2.27. The van der Waals surface area contributed by atoms with Gasteiger partial charge in [0.1, 0.15) is 24.4 Å². The van der Waals surface area contributed by atoms with Gasteiger partial charge in [0.25, 0.3) is 0 Å². The van der Waals surface area contributed by atoms with E-state index in [2.05, 4.69) is 31.3 Å². The zero-order valence-electron chi connectivity index (χ0n) is 33.3. The second-order valence-electron chi connectivity index (χ2n) is 15.1. The van der Waals surface area contributed by atoms with E-state index in [9.17, 15) is 30.3 Å². The van der Waals surface area contributed by atoms with Crippen LogP contribution in [0, 0.1) is 0 Å². The summed E-state index contributed by atoms with van der Waals surface area (Å²) in [6.07, 6.45) is 32.4. The number of amides is 1. The molecule has 0 radical (unpaired) electrons. The third-order valence-corrected chi connectivity index (χ3v) is 10.3. The molecule has 0 aromatic carbocycles. The molecule has 0 aromatic rings.